The van der Waals surface area contributed by atoms with Crippen LogP contribution < -0.4 is 10.2 Å². The van der Waals surface area contributed by atoms with Gasteiger partial charge in [-0.25, -0.2) is 0 Å². The summed E-state index contributed by atoms with van der Waals surface area (Å²) in [5, 5.41) is 2.88. The van der Waals surface area contributed by atoms with Gasteiger partial charge in [0.25, 0.3) is 5.91 Å². The Morgan fingerprint density at radius 3 is 2.38 bits per heavy atom. The molecule has 3 amide bonds. The Labute approximate surface area is 192 Å². The molecule has 1 spiro atoms. The molecule has 1 N–H and O–H groups in total. The van der Waals surface area contributed by atoms with Crippen LogP contribution in [-0.2, 0) is 14.4 Å². The average molecular weight is 443 g/mol. The van der Waals surface area contributed by atoms with Crippen LogP contribution in [0.25, 0.3) is 0 Å². The summed E-state index contributed by atoms with van der Waals surface area (Å²) in [6, 6.07) is 9.95. The summed E-state index contributed by atoms with van der Waals surface area (Å²) in [5.41, 5.74) is 0.283. The predicted molar refractivity (Wildman–Crippen MR) is 126 cm³/mol. The lowest BCUT2D eigenvalue weighted by Crippen LogP contribution is -2.57. The number of piperidine rings is 1. The van der Waals surface area contributed by atoms with Gasteiger partial charge in [-0.05, 0) is 45.2 Å². The number of nitrogens with one attached hydrogen (secondary N) is 1. The van der Waals surface area contributed by atoms with Crippen LogP contribution in [-0.4, -0.2) is 65.4 Å². The second kappa shape index (κ2) is 10.8. The van der Waals surface area contributed by atoms with E-state index in [4.69, 9.17) is 0 Å². The predicted octanol–water partition coefficient (Wildman–Crippen LogP) is 3.15. The minimum atomic E-state index is -0.696. The lowest BCUT2D eigenvalue weighted by molar-refractivity contribution is -0.140. The standard InChI is InChI=1S/C25H38N4O3/c1-4-5-6-10-13-23(31)27-16-14-25(15-17-27)24(32)28(18-22(30)26-20(2)3)19-29(25)21-11-8-7-9-12-21/h7-9,11-12,20H,4-6,10,13-19H2,1-3H3,(H,26,30). The lowest BCUT2D eigenvalue weighted by Gasteiger charge is -2.43. The summed E-state index contributed by atoms with van der Waals surface area (Å²) in [5.74, 6) is 0.0502. The van der Waals surface area contributed by atoms with Crippen molar-refractivity contribution in [2.75, 3.05) is 31.2 Å². The number of rotatable bonds is 9. The Morgan fingerprint density at radius 2 is 1.75 bits per heavy atom. The minimum absolute atomic E-state index is 0.00435. The van der Waals surface area contributed by atoms with Gasteiger partial charge in [-0.3, -0.25) is 14.4 Å². The number of amides is 3. The third-order valence-electron chi connectivity index (χ3n) is 6.55. The summed E-state index contributed by atoms with van der Waals surface area (Å²) >= 11 is 0. The van der Waals surface area contributed by atoms with Gasteiger partial charge in [0, 0.05) is 31.2 Å². The Balaban J connectivity index is 1.71. The fourth-order valence-electron chi connectivity index (χ4n) is 4.85. The van der Waals surface area contributed by atoms with Gasteiger partial charge in [0.05, 0.1) is 6.67 Å². The molecule has 32 heavy (non-hydrogen) atoms. The minimum Gasteiger partial charge on any atom is -0.352 e. The molecule has 2 saturated heterocycles. The van der Waals surface area contributed by atoms with E-state index in [2.05, 4.69) is 17.1 Å². The lowest BCUT2D eigenvalue weighted by atomic mass is 9.85. The Bertz CT molecular complexity index is 788. The van der Waals surface area contributed by atoms with Crippen molar-refractivity contribution < 1.29 is 14.4 Å². The Kier molecular flexibility index (Phi) is 8.15. The largest absolute Gasteiger partial charge is 0.352 e. The van der Waals surface area contributed by atoms with Gasteiger partial charge in [-0.15, -0.1) is 0 Å². The van der Waals surface area contributed by atoms with E-state index in [9.17, 15) is 14.4 Å². The van der Waals surface area contributed by atoms with Gasteiger partial charge >= 0.3 is 0 Å². The number of carbonyl (C=O) groups excluding carboxylic acids is 3. The van der Waals surface area contributed by atoms with Crippen LogP contribution in [0.3, 0.4) is 0 Å². The van der Waals surface area contributed by atoms with E-state index in [1.807, 2.05) is 49.1 Å². The Hall–Kier alpha value is -2.57. The van der Waals surface area contributed by atoms with E-state index in [0.29, 0.717) is 39.0 Å². The highest BCUT2D eigenvalue weighted by molar-refractivity contribution is 5.96. The van der Waals surface area contributed by atoms with Crippen molar-refractivity contribution in [1.82, 2.24) is 15.1 Å². The molecule has 7 nitrogen and oxygen atoms in total. The quantitative estimate of drug-likeness (QED) is 0.597. The molecule has 1 aromatic carbocycles. The van der Waals surface area contributed by atoms with Gasteiger partial charge in [0.15, 0.2) is 0 Å². The molecule has 3 rings (SSSR count). The highest BCUT2D eigenvalue weighted by Gasteiger charge is 2.54. The maximum Gasteiger partial charge on any atom is 0.250 e. The van der Waals surface area contributed by atoms with Crippen molar-refractivity contribution >= 4 is 23.4 Å². The molecule has 2 aliphatic rings. The van der Waals surface area contributed by atoms with E-state index >= 15 is 0 Å². The van der Waals surface area contributed by atoms with Crippen molar-refractivity contribution in [3.05, 3.63) is 30.3 Å². The van der Waals surface area contributed by atoms with Crippen molar-refractivity contribution in [3.63, 3.8) is 0 Å². The van der Waals surface area contributed by atoms with Crippen molar-refractivity contribution in [3.8, 4) is 0 Å². The first-order valence-corrected chi connectivity index (χ1v) is 12.1. The second-order valence-electron chi connectivity index (χ2n) is 9.35. The molecular weight excluding hydrogens is 404 g/mol. The number of hydrogen-bond acceptors (Lipinski definition) is 4. The van der Waals surface area contributed by atoms with Gasteiger partial charge in [0.1, 0.15) is 12.1 Å². The van der Waals surface area contributed by atoms with E-state index in [1.54, 1.807) is 4.90 Å². The fraction of sp³-hybridized carbons (Fsp3) is 0.640. The monoisotopic (exact) mass is 442 g/mol. The number of anilines is 1. The van der Waals surface area contributed by atoms with E-state index in [-0.39, 0.29) is 30.3 Å². The molecule has 0 saturated carbocycles. The second-order valence-corrected chi connectivity index (χ2v) is 9.35. The third kappa shape index (κ3) is 5.43. The smallest absolute Gasteiger partial charge is 0.250 e. The summed E-state index contributed by atoms with van der Waals surface area (Å²) in [6.07, 6.45) is 6.11. The number of likely N-dealkylation sites (tertiary alicyclic amines) is 1. The van der Waals surface area contributed by atoms with Crippen LogP contribution in [0.15, 0.2) is 30.3 Å². The fourth-order valence-corrected chi connectivity index (χ4v) is 4.85. The van der Waals surface area contributed by atoms with Crippen LogP contribution in [0, 0.1) is 0 Å². The SMILES string of the molecule is CCCCCCC(=O)N1CCC2(CC1)C(=O)N(CC(=O)NC(C)C)CN2c1ccccc1. The number of benzene rings is 1. The average Bonchev–Trinajstić information content (AvgIpc) is 3.03. The molecule has 0 aliphatic carbocycles. The zero-order valence-corrected chi connectivity index (χ0v) is 19.8. The van der Waals surface area contributed by atoms with Crippen LogP contribution in [0.1, 0.15) is 65.7 Å². The van der Waals surface area contributed by atoms with Gasteiger partial charge in [0.2, 0.25) is 11.8 Å². The number of hydrogen-bond donors (Lipinski definition) is 1. The van der Waals surface area contributed by atoms with E-state index < -0.39 is 5.54 Å². The molecule has 1 aromatic rings. The number of nitrogens with zero attached hydrogens (tertiary/aromatic N) is 3. The molecule has 0 bridgehead atoms. The maximum absolute atomic E-state index is 13.6. The number of para-hydroxylation sites is 1. The zero-order chi connectivity index (χ0) is 23.1. The molecule has 0 atom stereocenters. The van der Waals surface area contributed by atoms with Crippen molar-refractivity contribution in [2.24, 2.45) is 0 Å². The van der Waals surface area contributed by atoms with Crippen LogP contribution in [0.5, 0.6) is 0 Å². The maximum atomic E-state index is 13.6. The summed E-state index contributed by atoms with van der Waals surface area (Å²) in [4.78, 5) is 44.4. The first-order valence-electron chi connectivity index (χ1n) is 12.1. The molecule has 2 heterocycles. The first-order chi connectivity index (χ1) is 15.4. The van der Waals surface area contributed by atoms with Gasteiger partial charge in [-0.2, -0.15) is 0 Å². The third-order valence-corrected chi connectivity index (χ3v) is 6.55. The molecule has 0 aromatic heterocycles. The summed E-state index contributed by atoms with van der Waals surface area (Å²) < 4.78 is 0. The molecular formula is C25H38N4O3. The first kappa shape index (κ1) is 24.1. The molecule has 2 aliphatic heterocycles. The van der Waals surface area contributed by atoms with Crippen LogP contribution in [0.2, 0.25) is 0 Å². The normalized spacial score (nSPS) is 18.0. The Morgan fingerprint density at radius 1 is 1.06 bits per heavy atom. The highest BCUT2D eigenvalue weighted by atomic mass is 16.2. The van der Waals surface area contributed by atoms with Crippen LogP contribution in [0.4, 0.5) is 5.69 Å². The topological polar surface area (TPSA) is 73.0 Å². The zero-order valence-electron chi connectivity index (χ0n) is 19.8. The summed E-state index contributed by atoms with van der Waals surface area (Å²) in [6.45, 7) is 7.59. The highest BCUT2D eigenvalue weighted by Crippen LogP contribution is 2.39. The van der Waals surface area contributed by atoms with E-state index in [1.165, 1.54) is 0 Å². The number of carbonyl (C=O) groups is 3. The van der Waals surface area contributed by atoms with Crippen molar-refractivity contribution in [1.29, 1.82) is 0 Å². The van der Waals surface area contributed by atoms with Gasteiger partial charge < -0.3 is 20.0 Å². The molecule has 176 valence electrons. The van der Waals surface area contributed by atoms with Crippen molar-refractivity contribution in [2.45, 2.75) is 77.3 Å². The van der Waals surface area contributed by atoms with Crippen LogP contribution >= 0.6 is 0 Å². The molecule has 0 radical (unpaired) electrons. The summed E-state index contributed by atoms with van der Waals surface area (Å²) in [7, 11) is 0. The van der Waals surface area contributed by atoms with Gasteiger partial charge in [-0.1, -0.05) is 44.4 Å². The molecule has 7 heteroatoms. The number of unbranched alkanes of at least 4 members (excludes halogenated alkanes) is 3. The molecule has 2 fully saturated rings. The van der Waals surface area contributed by atoms with E-state index in [0.717, 1.165) is 31.4 Å². The molecule has 0 unspecified atom stereocenters.